The summed E-state index contributed by atoms with van der Waals surface area (Å²) in [5, 5.41) is 14.6. The summed E-state index contributed by atoms with van der Waals surface area (Å²) in [7, 11) is 0. The van der Waals surface area contributed by atoms with Crippen LogP contribution in [0.15, 0.2) is 194 Å². The van der Waals surface area contributed by atoms with E-state index in [9.17, 15) is 5.26 Å². The average molecular weight is 875 g/mol. The van der Waals surface area contributed by atoms with Gasteiger partial charge in [0.25, 0.3) is 0 Å². The first-order valence-electron chi connectivity index (χ1n) is 23.3. The van der Waals surface area contributed by atoms with Gasteiger partial charge in [-0.05, 0) is 151 Å². The molecule has 0 bridgehead atoms. The van der Waals surface area contributed by atoms with Crippen molar-refractivity contribution in [2.75, 3.05) is 0 Å². The van der Waals surface area contributed by atoms with E-state index < -0.39 is 0 Å². The standard InChI is InChI=1S/C64H50N4/c1-63(2,3)46-24-30-49(31-25-46)67-59-14-10-8-12-51(59)57-36-44(22-34-61(57)67)55-39-54(43-20-28-48(66-7)29-21-43)56(38-53(55)42-18-16-41(40-65)17-19-42)45-23-35-62-58(37-45)52-13-9-11-15-60(52)68(62)50-32-26-47(27-33-50)64(4,5)6/h8-39H,1-6H3. The summed E-state index contributed by atoms with van der Waals surface area (Å²) >= 11 is 0. The maximum absolute atomic E-state index is 9.85. The molecule has 68 heavy (non-hydrogen) atoms. The second kappa shape index (κ2) is 16.2. The average Bonchev–Trinajstić information content (AvgIpc) is 3.88. The molecular weight excluding hydrogens is 825 g/mol. The summed E-state index contributed by atoms with van der Waals surface area (Å²) in [6, 6.07) is 72.0. The summed E-state index contributed by atoms with van der Waals surface area (Å²) in [4.78, 5) is 3.74. The lowest BCUT2D eigenvalue weighted by Crippen LogP contribution is -2.10. The highest BCUT2D eigenvalue weighted by molar-refractivity contribution is 6.13. The minimum atomic E-state index is 0.0564. The van der Waals surface area contributed by atoms with Gasteiger partial charge in [-0.25, -0.2) is 4.85 Å². The van der Waals surface area contributed by atoms with Gasteiger partial charge in [0, 0.05) is 32.9 Å². The molecule has 0 aliphatic heterocycles. The lowest BCUT2D eigenvalue weighted by atomic mass is 9.85. The lowest BCUT2D eigenvalue weighted by molar-refractivity contribution is 0.590. The van der Waals surface area contributed by atoms with E-state index in [1.807, 2.05) is 24.3 Å². The normalized spacial score (nSPS) is 11.9. The van der Waals surface area contributed by atoms with E-state index in [1.165, 1.54) is 32.7 Å². The van der Waals surface area contributed by atoms with Crippen molar-refractivity contribution in [3.63, 3.8) is 0 Å². The van der Waals surface area contributed by atoms with Crippen LogP contribution in [0, 0.1) is 17.9 Å². The van der Waals surface area contributed by atoms with Crippen molar-refractivity contribution in [2.45, 2.75) is 52.4 Å². The summed E-state index contributed by atoms with van der Waals surface area (Å²) < 4.78 is 4.76. The van der Waals surface area contributed by atoms with Gasteiger partial charge in [-0.15, -0.1) is 0 Å². The summed E-state index contributed by atoms with van der Waals surface area (Å²) in [5.41, 5.74) is 19.3. The van der Waals surface area contributed by atoms with Crippen molar-refractivity contribution in [1.82, 2.24) is 9.13 Å². The summed E-state index contributed by atoms with van der Waals surface area (Å²) in [6.07, 6.45) is 0. The third-order valence-electron chi connectivity index (χ3n) is 13.7. The number of hydrogen-bond donors (Lipinski definition) is 0. The van der Waals surface area contributed by atoms with Gasteiger partial charge >= 0.3 is 0 Å². The maximum atomic E-state index is 9.85. The van der Waals surface area contributed by atoms with Crippen LogP contribution >= 0.6 is 0 Å². The Morgan fingerprint density at radius 2 is 0.765 bits per heavy atom. The number of aromatic nitrogens is 2. The molecule has 0 N–H and O–H groups in total. The fourth-order valence-electron chi connectivity index (χ4n) is 10.1. The smallest absolute Gasteiger partial charge is 0.187 e. The van der Waals surface area contributed by atoms with Crippen LogP contribution < -0.4 is 0 Å². The van der Waals surface area contributed by atoms with Gasteiger partial charge in [0.15, 0.2) is 5.69 Å². The Bertz CT molecular complexity index is 3580. The van der Waals surface area contributed by atoms with Crippen LogP contribution in [0.1, 0.15) is 58.2 Å². The Morgan fingerprint density at radius 3 is 1.16 bits per heavy atom. The van der Waals surface area contributed by atoms with E-state index in [1.54, 1.807) is 0 Å². The van der Waals surface area contributed by atoms with Crippen molar-refractivity contribution in [2.24, 2.45) is 0 Å². The van der Waals surface area contributed by atoms with Gasteiger partial charge in [0.2, 0.25) is 0 Å². The molecule has 2 heterocycles. The first kappa shape index (κ1) is 42.2. The minimum Gasteiger partial charge on any atom is -0.309 e. The molecule has 0 aliphatic rings. The summed E-state index contributed by atoms with van der Waals surface area (Å²) in [6.45, 7) is 21.3. The van der Waals surface area contributed by atoms with E-state index in [0.29, 0.717) is 11.3 Å². The molecule has 0 radical (unpaired) electrons. The number of benzene rings is 9. The number of nitrogens with zero attached hydrogens (tertiary/aromatic N) is 4. The SMILES string of the molecule is [C-]#[N+]c1ccc(-c2cc(-c3ccc4c(c3)c3ccccc3n4-c3ccc(C(C)(C)C)cc3)c(-c3ccc(C#N)cc3)cc2-c2ccc3c(c2)c2ccccc2n3-c2ccc(C(C)(C)C)cc2)cc1. The third-order valence-corrected chi connectivity index (χ3v) is 13.7. The molecule has 0 saturated carbocycles. The highest BCUT2D eigenvalue weighted by Crippen LogP contribution is 2.46. The first-order valence-corrected chi connectivity index (χ1v) is 23.3. The maximum Gasteiger partial charge on any atom is 0.187 e. The van der Waals surface area contributed by atoms with Crippen molar-refractivity contribution >= 4 is 49.3 Å². The Hall–Kier alpha value is -8.44. The number of para-hydroxylation sites is 2. The van der Waals surface area contributed by atoms with Crippen LogP contribution in [0.25, 0.3) is 104 Å². The van der Waals surface area contributed by atoms with E-state index in [0.717, 1.165) is 77.9 Å². The zero-order chi connectivity index (χ0) is 46.9. The number of rotatable bonds is 6. The highest BCUT2D eigenvalue weighted by Gasteiger charge is 2.22. The Kier molecular flexibility index (Phi) is 10.0. The van der Waals surface area contributed by atoms with E-state index in [4.69, 9.17) is 6.57 Å². The van der Waals surface area contributed by atoms with E-state index in [-0.39, 0.29) is 10.8 Å². The minimum absolute atomic E-state index is 0.0564. The van der Waals surface area contributed by atoms with Crippen LogP contribution in [0.2, 0.25) is 0 Å². The molecule has 0 atom stereocenters. The van der Waals surface area contributed by atoms with E-state index >= 15 is 0 Å². The second-order valence-corrected chi connectivity index (χ2v) is 20.1. The topological polar surface area (TPSA) is 38.0 Å². The molecule has 0 saturated heterocycles. The Morgan fingerprint density at radius 1 is 0.397 bits per heavy atom. The molecule has 0 fully saturated rings. The third kappa shape index (κ3) is 7.23. The predicted octanol–water partition coefficient (Wildman–Crippen LogP) is 17.6. The monoisotopic (exact) mass is 874 g/mol. The van der Waals surface area contributed by atoms with Crippen LogP contribution in [0.4, 0.5) is 5.69 Å². The molecule has 0 amide bonds. The van der Waals surface area contributed by atoms with Gasteiger partial charge in [0.1, 0.15) is 0 Å². The van der Waals surface area contributed by atoms with Crippen molar-refractivity contribution in [3.8, 4) is 62.0 Å². The molecule has 4 nitrogen and oxygen atoms in total. The molecule has 9 aromatic carbocycles. The highest BCUT2D eigenvalue weighted by atomic mass is 15.0. The summed E-state index contributed by atoms with van der Waals surface area (Å²) in [5.74, 6) is 0. The number of hydrogen-bond acceptors (Lipinski definition) is 1. The quantitative estimate of drug-likeness (QED) is 0.153. The molecule has 11 rings (SSSR count). The van der Waals surface area contributed by atoms with Crippen molar-refractivity contribution in [3.05, 3.63) is 222 Å². The Balaban J connectivity index is 1.15. The molecule has 0 aliphatic carbocycles. The molecule has 0 unspecified atom stereocenters. The first-order chi connectivity index (χ1) is 32.9. The van der Waals surface area contributed by atoms with Crippen molar-refractivity contribution in [1.29, 1.82) is 5.26 Å². The fraction of sp³-hybridized carbons (Fsp3) is 0.125. The van der Waals surface area contributed by atoms with Gasteiger partial charge in [-0.1, -0.05) is 151 Å². The van der Waals surface area contributed by atoms with Crippen LogP contribution in [-0.4, -0.2) is 9.13 Å². The van der Waals surface area contributed by atoms with E-state index in [2.05, 4.69) is 231 Å². The molecule has 11 aromatic rings. The lowest BCUT2D eigenvalue weighted by Gasteiger charge is -2.20. The van der Waals surface area contributed by atoms with Crippen LogP contribution in [0.3, 0.4) is 0 Å². The van der Waals surface area contributed by atoms with Gasteiger partial charge in [-0.2, -0.15) is 5.26 Å². The molecule has 0 spiro atoms. The molecule has 2 aromatic heterocycles. The molecule has 326 valence electrons. The zero-order valence-electron chi connectivity index (χ0n) is 39.3. The largest absolute Gasteiger partial charge is 0.309 e. The van der Waals surface area contributed by atoms with Crippen LogP contribution in [0.5, 0.6) is 0 Å². The van der Waals surface area contributed by atoms with Gasteiger partial charge in [0.05, 0.1) is 40.3 Å². The molecular formula is C64H50N4. The van der Waals surface area contributed by atoms with Gasteiger partial charge in [-0.3, -0.25) is 0 Å². The predicted molar refractivity (Wildman–Crippen MR) is 285 cm³/mol. The number of fused-ring (bicyclic) bond motifs is 6. The second-order valence-electron chi connectivity index (χ2n) is 20.1. The Labute approximate surface area is 398 Å². The van der Waals surface area contributed by atoms with Crippen LogP contribution in [-0.2, 0) is 10.8 Å². The van der Waals surface area contributed by atoms with Gasteiger partial charge < -0.3 is 9.13 Å². The zero-order valence-corrected chi connectivity index (χ0v) is 39.3. The molecule has 4 heteroatoms. The fourth-order valence-corrected chi connectivity index (χ4v) is 10.1. The van der Waals surface area contributed by atoms with Crippen molar-refractivity contribution < 1.29 is 0 Å². The number of nitriles is 1.